The van der Waals surface area contributed by atoms with Crippen molar-refractivity contribution < 1.29 is 0 Å². The van der Waals surface area contributed by atoms with Gasteiger partial charge in [-0.15, -0.1) is 13.2 Å². The second kappa shape index (κ2) is 9.42. The van der Waals surface area contributed by atoms with Gasteiger partial charge in [0.25, 0.3) is 0 Å². The predicted octanol–water partition coefficient (Wildman–Crippen LogP) is 6.10. The molecule has 0 nitrogen and oxygen atoms in total. The molecule has 0 aliphatic carbocycles. The number of hydrogen-bond acceptors (Lipinski definition) is 0. The first-order valence-corrected chi connectivity index (χ1v) is 7.71. The monoisotopic (exact) mass is 250 g/mol. The summed E-state index contributed by atoms with van der Waals surface area (Å²) >= 11 is 0. The van der Waals surface area contributed by atoms with E-state index in [1.54, 1.807) is 0 Å². The van der Waals surface area contributed by atoms with E-state index in [4.69, 9.17) is 0 Å². The first kappa shape index (κ1) is 17.5. The van der Waals surface area contributed by atoms with E-state index in [9.17, 15) is 0 Å². The van der Waals surface area contributed by atoms with E-state index < -0.39 is 0 Å². The fraction of sp³-hybridized carbons (Fsp3) is 0.778. The van der Waals surface area contributed by atoms with Crippen LogP contribution in [0.2, 0.25) is 0 Å². The maximum Gasteiger partial charge on any atom is -0.0173 e. The average Bonchev–Trinajstić information content (AvgIpc) is 2.34. The molecule has 0 rings (SSSR count). The summed E-state index contributed by atoms with van der Waals surface area (Å²) in [6.45, 7) is 19.6. The molecule has 0 aromatic heterocycles. The van der Waals surface area contributed by atoms with Crippen molar-refractivity contribution in [2.24, 2.45) is 29.6 Å². The Bertz CT molecular complexity index is 226. The van der Waals surface area contributed by atoms with Crippen LogP contribution in [0.3, 0.4) is 0 Å². The van der Waals surface area contributed by atoms with Crippen LogP contribution < -0.4 is 0 Å². The van der Waals surface area contributed by atoms with Gasteiger partial charge >= 0.3 is 0 Å². The van der Waals surface area contributed by atoms with E-state index in [0.29, 0.717) is 11.8 Å². The van der Waals surface area contributed by atoms with Gasteiger partial charge in [0.1, 0.15) is 0 Å². The first-order valence-electron chi connectivity index (χ1n) is 7.71. The molecule has 0 aromatic rings. The van der Waals surface area contributed by atoms with Gasteiger partial charge in [-0.2, -0.15) is 0 Å². The van der Waals surface area contributed by atoms with E-state index in [1.807, 2.05) is 0 Å². The van der Waals surface area contributed by atoms with Crippen molar-refractivity contribution in [3.63, 3.8) is 0 Å². The largest absolute Gasteiger partial charge is 0.103 e. The Balaban J connectivity index is 4.49. The van der Waals surface area contributed by atoms with E-state index in [-0.39, 0.29) is 0 Å². The lowest BCUT2D eigenvalue weighted by molar-refractivity contribution is 0.262. The fourth-order valence-electron chi connectivity index (χ4n) is 2.62. The SMILES string of the molecule is C=CC(C)C(C=C)CC(CCC)CC(C)C(C)C. The van der Waals surface area contributed by atoms with Crippen molar-refractivity contribution in [3.05, 3.63) is 25.3 Å². The molecule has 0 spiro atoms. The van der Waals surface area contributed by atoms with Crippen LogP contribution in [0.25, 0.3) is 0 Å². The molecule has 18 heavy (non-hydrogen) atoms. The van der Waals surface area contributed by atoms with Crippen molar-refractivity contribution in [2.75, 3.05) is 0 Å². The molecule has 0 amide bonds. The van der Waals surface area contributed by atoms with Gasteiger partial charge < -0.3 is 0 Å². The third kappa shape index (κ3) is 6.42. The van der Waals surface area contributed by atoms with Crippen molar-refractivity contribution in [3.8, 4) is 0 Å². The molecule has 4 unspecified atom stereocenters. The topological polar surface area (TPSA) is 0 Å². The van der Waals surface area contributed by atoms with E-state index >= 15 is 0 Å². The smallest absolute Gasteiger partial charge is 0.0173 e. The summed E-state index contributed by atoms with van der Waals surface area (Å²) in [6.07, 6.45) is 9.49. The quantitative estimate of drug-likeness (QED) is 0.411. The summed E-state index contributed by atoms with van der Waals surface area (Å²) in [6, 6.07) is 0. The molecule has 0 heteroatoms. The molecule has 0 aliphatic heterocycles. The highest BCUT2D eigenvalue weighted by Gasteiger charge is 2.20. The molecule has 0 aliphatic rings. The minimum atomic E-state index is 0.552. The number of hydrogen-bond donors (Lipinski definition) is 0. The van der Waals surface area contributed by atoms with Gasteiger partial charge in [-0.05, 0) is 42.4 Å². The van der Waals surface area contributed by atoms with E-state index in [2.05, 4.69) is 59.9 Å². The van der Waals surface area contributed by atoms with Gasteiger partial charge in [0, 0.05) is 0 Å². The summed E-state index contributed by atoms with van der Waals surface area (Å²) in [7, 11) is 0. The molecule has 106 valence electrons. The molecule has 0 heterocycles. The highest BCUT2D eigenvalue weighted by molar-refractivity contribution is 4.92. The van der Waals surface area contributed by atoms with E-state index in [1.165, 1.54) is 25.7 Å². The Hall–Kier alpha value is -0.520. The molecule has 0 fully saturated rings. The molecule has 0 saturated heterocycles. The van der Waals surface area contributed by atoms with Gasteiger partial charge in [0.05, 0.1) is 0 Å². The van der Waals surface area contributed by atoms with Crippen LogP contribution in [0.5, 0.6) is 0 Å². The minimum Gasteiger partial charge on any atom is -0.103 e. The van der Waals surface area contributed by atoms with Crippen molar-refractivity contribution in [1.82, 2.24) is 0 Å². The zero-order valence-electron chi connectivity index (χ0n) is 13.3. The lowest BCUT2D eigenvalue weighted by Gasteiger charge is -2.27. The summed E-state index contributed by atoms with van der Waals surface area (Å²) in [5.41, 5.74) is 0. The van der Waals surface area contributed by atoms with Crippen molar-refractivity contribution in [1.29, 1.82) is 0 Å². The van der Waals surface area contributed by atoms with Gasteiger partial charge in [-0.1, -0.05) is 59.6 Å². The van der Waals surface area contributed by atoms with Crippen LogP contribution in [-0.4, -0.2) is 0 Å². The van der Waals surface area contributed by atoms with Gasteiger partial charge in [0.15, 0.2) is 0 Å². The lowest BCUT2D eigenvalue weighted by atomic mass is 9.78. The molecular weight excluding hydrogens is 216 g/mol. The predicted molar refractivity (Wildman–Crippen MR) is 84.7 cm³/mol. The summed E-state index contributed by atoms with van der Waals surface area (Å²) < 4.78 is 0. The summed E-state index contributed by atoms with van der Waals surface area (Å²) in [5, 5.41) is 0. The highest BCUT2D eigenvalue weighted by atomic mass is 14.3. The van der Waals surface area contributed by atoms with Gasteiger partial charge in [0.2, 0.25) is 0 Å². The Labute approximate surface area is 116 Å². The third-order valence-electron chi connectivity index (χ3n) is 4.50. The van der Waals surface area contributed by atoms with Crippen LogP contribution in [0.1, 0.15) is 60.3 Å². The average molecular weight is 250 g/mol. The molecule has 0 N–H and O–H groups in total. The highest BCUT2D eigenvalue weighted by Crippen LogP contribution is 2.31. The van der Waals surface area contributed by atoms with Crippen molar-refractivity contribution in [2.45, 2.75) is 60.3 Å². The number of rotatable bonds is 10. The first-order chi connectivity index (χ1) is 8.46. The number of allylic oxidation sites excluding steroid dienone is 2. The third-order valence-corrected chi connectivity index (χ3v) is 4.50. The van der Waals surface area contributed by atoms with Crippen LogP contribution in [0.15, 0.2) is 25.3 Å². The Kier molecular flexibility index (Phi) is 9.14. The molecule has 0 aromatic carbocycles. The molecule has 0 radical (unpaired) electrons. The maximum atomic E-state index is 4.01. The lowest BCUT2D eigenvalue weighted by Crippen LogP contribution is -2.17. The Morgan fingerprint density at radius 1 is 0.944 bits per heavy atom. The summed E-state index contributed by atoms with van der Waals surface area (Å²) in [5.74, 6) is 3.61. The second-order valence-corrected chi connectivity index (χ2v) is 6.34. The zero-order chi connectivity index (χ0) is 14.1. The van der Waals surface area contributed by atoms with Crippen LogP contribution in [0.4, 0.5) is 0 Å². The van der Waals surface area contributed by atoms with E-state index in [0.717, 1.165) is 17.8 Å². The van der Waals surface area contributed by atoms with Crippen LogP contribution in [0, 0.1) is 29.6 Å². The summed E-state index contributed by atoms with van der Waals surface area (Å²) in [4.78, 5) is 0. The zero-order valence-corrected chi connectivity index (χ0v) is 13.3. The van der Waals surface area contributed by atoms with Gasteiger partial charge in [-0.3, -0.25) is 0 Å². The Morgan fingerprint density at radius 2 is 1.56 bits per heavy atom. The molecular formula is C18H34. The fourth-order valence-corrected chi connectivity index (χ4v) is 2.62. The Morgan fingerprint density at radius 3 is 1.94 bits per heavy atom. The van der Waals surface area contributed by atoms with Gasteiger partial charge in [-0.25, -0.2) is 0 Å². The van der Waals surface area contributed by atoms with Crippen LogP contribution >= 0.6 is 0 Å². The standard InChI is InChI=1S/C18H34/c1-8-11-17(12-16(7)14(4)5)13-18(10-3)15(6)9-2/h9-10,14-18H,2-3,8,11-13H2,1,4-7H3. The minimum absolute atomic E-state index is 0.552. The maximum absolute atomic E-state index is 4.01. The molecule has 0 bridgehead atoms. The van der Waals surface area contributed by atoms with Crippen molar-refractivity contribution >= 4 is 0 Å². The van der Waals surface area contributed by atoms with Crippen LogP contribution in [-0.2, 0) is 0 Å². The molecule has 4 atom stereocenters. The second-order valence-electron chi connectivity index (χ2n) is 6.34. The normalized spacial score (nSPS) is 18.1. The molecule has 0 saturated carbocycles.